The van der Waals surface area contributed by atoms with Crippen molar-refractivity contribution in [3.05, 3.63) is 57.0 Å². The Balaban J connectivity index is 0.00000103. The summed E-state index contributed by atoms with van der Waals surface area (Å²) in [4.78, 5) is 34.3. The third-order valence-electron chi connectivity index (χ3n) is 5.89. The van der Waals surface area contributed by atoms with Gasteiger partial charge in [0, 0.05) is 22.2 Å². The zero-order valence-corrected chi connectivity index (χ0v) is 22.5. The van der Waals surface area contributed by atoms with Crippen molar-refractivity contribution in [1.82, 2.24) is 4.57 Å². The molecule has 7 N–H and O–H groups in total. The Morgan fingerprint density at radius 2 is 1.57 bits per heavy atom. The Bertz CT molecular complexity index is 1450. The van der Waals surface area contributed by atoms with Crippen molar-refractivity contribution in [2.24, 2.45) is 0 Å². The van der Waals surface area contributed by atoms with Crippen LogP contribution >= 0.6 is 11.6 Å². The second kappa shape index (κ2) is 12.6. The van der Waals surface area contributed by atoms with Crippen molar-refractivity contribution in [2.75, 3.05) is 13.7 Å². The van der Waals surface area contributed by atoms with Gasteiger partial charge in [0.15, 0.2) is 17.3 Å². The van der Waals surface area contributed by atoms with Gasteiger partial charge in [-0.2, -0.15) is 0 Å². The van der Waals surface area contributed by atoms with E-state index >= 15 is 0 Å². The molecule has 0 bridgehead atoms. The van der Waals surface area contributed by atoms with Crippen LogP contribution in [0.15, 0.2) is 35.3 Å². The number of nitrogens with zero attached hydrogens (tertiary/aromatic N) is 1. The molecule has 1 atom stereocenters. The third kappa shape index (κ3) is 6.06. The molecule has 1 aromatic heterocycles. The van der Waals surface area contributed by atoms with Crippen LogP contribution in [0, 0.1) is 0 Å². The van der Waals surface area contributed by atoms with E-state index in [-0.39, 0.29) is 27.7 Å². The van der Waals surface area contributed by atoms with Crippen molar-refractivity contribution in [3.63, 3.8) is 0 Å². The molecule has 1 unspecified atom stereocenters. The van der Waals surface area contributed by atoms with Crippen LogP contribution in [0.5, 0.6) is 34.5 Å². The number of carbonyl (C=O) groups is 2. The lowest BCUT2D eigenvalue weighted by atomic mass is 9.94. The standard InChI is InChI=1S/C23H22ClNO10.C3H6O2/c1-9(26)12-5-4-11(24)6-13(12)14-7-16(27)25(8-15(14)35-3)10(2)23(33,34)17-18(28)20(30)22(32)21(31)19(17)29;1-2-5-3-4/h4-8,10,28-34H,1-3H3;3H,2H2,1H3. The normalized spacial score (nSPS) is 11.7. The summed E-state index contributed by atoms with van der Waals surface area (Å²) in [6, 6.07) is 3.84. The molecule has 0 saturated carbocycles. The highest BCUT2D eigenvalue weighted by atomic mass is 35.5. The summed E-state index contributed by atoms with van der Waals surface area (Å²) in [6.07, 6.45) is 1.10. The second-order valence-electron chi connectivity index (χ2n) is 8.32. The zero-order chi connectivity index (χ0) is 30.5. The van der Waals surface area contributed by atoms with Gasteiger partial charge in [0.2, 0.25) is 23.0 Å². The predicted octanol–water partition coefficient (Wildman–Crippen LogP) is 2.49. The van der Waals surface area contributed by atoms with E-state index in [0.29, 0.717) is 18.6 Å². The minimum absolute atomic E-state index is 0.0295. The SMILES string of the molecule is CCOC=O.COc1cn(C(C)C(O)(O)c2c(O)c(O)c(O)c(O)c2O)c(=O)cc1-c1cc(Cl)ccc1C(C)=O. The maximum absolute atomic E-state index is 13.0. The molecule has 0 radical (unpaired) electrons. The highest BCUT2D eigenvalue weighted by Gasteiger charge is 2.43. The first-order valence-corrected chi connectivity index (χ1v) is 11.8. The van der Waals surface area contributed by atoms with E-state index < -0.39 is 51.7 Å². The number of carbonyl (C=O) groups excluding carboxylic acids is 2. The lowest BCUT2D eigenvalue weighted by Crippen LogP contribution is -2.39. The number of aromatic hydroxyl groups is 5. The fourth-order valence-corrected chi connectivity index (χ4v) is 3.93. The maximum Gasteiger partial charge on any atom is 0.293 e. The number of hydrogen-bond acceptors (Lipinski definition) is 12. The number of methoxy groups -OCH3 is 1. The number of hydrogen-bond donors (Lipinski definition) is 7. The van der Waals surface area contributed by atoms with Gasteiger partial charge in [-0.3, -0.25) is 14.4 Å². The molecule has 14 heteroatoms. The number of aromatic nitrogens is 1. The minimum Gasteiger partial charge on any atom is -0.504 e. The van der Waals surface area contributed by atoms with E-state index in [1.807, 2.05) is 0 Å². The van der Waals surface area contributed by atoms with Crippen LogP contribution in [0.4, 0.5) is 0 Å². The molecule has 1 heterocycles. The molecule has 0 aliphatic heterocycles. The van der Waals surface area contributed by atoms with Crippen LogP contribution in [0.2, 0.25) is 5.02 Å². The molecule has 0 aliphatic rings. The highest BCUT2D eigenvalue weighted by Crippen LogP contribution is 2.55. The highest BCUT2D eigenvalue weighted by molar-refractivity contribution is 6.31. The van der Waals surface area contributed by atoms with E-state index in [1.54, 1.807) is 6.92 Å². The van der Waals surface area contributed by atoms with Gasteiger partial charge < -0.3 is 49.8 Å². The molecule has 216 valence electrons. The first-order valence-electron chi connectivity index (χ1n) is 11.5. The predicted molar refractivity (Wildman–Crippen MR) is 141 cm³/mol. The summed E-state index contributed by atoms with van der Waals surface area (Å²) in [5.74, 6) is -10.2. The molecule has 0 saturated heterocycles. The average Bonchev–Trinajstić information content (AvgIpc) is 2.90. The third-order valence-corrected chi connectivity index (χ3v) is 6.12. The van der Waals surface area contributed by atoms with Gasteiger partial charge in [-0.05, 0) is 44.5 Å². The number of pyridine rings is 1. The minimum atomic E-state index is -3.27. The summed E-state index contributed by atoms with van der Waals surface area (Å²) in [7, 11) is 1.27. The Hall–Kier alpha value is -4.46. The summed E-state index contributed by atoms with van der Waals surface area (Å²) >= 11 is 6.07. The number of ether oxygens (including phenoxy) is 2. The van der Waals surface area contributed by atoms with Crippen molar-refractivity contribution < 1.29 is 54.8 Å². The molecule has 13 nitrogen and oxygen atoms in total. The van der Waals surface area contributed by atoms with Crippen molar-refractivity contribution in [1.29, 1.82) is 0 Å². The van der Waals surface area contributed by atoms with Gasteiger partial charge in [0.25, 0.3) is 12.0 Å². The fourth-order valence-electron chi connectivity index (χ4n) is 3.76. The van der Waals surface area contributed by atoms with Crippen LogP contribution in [0.25, 0.3) is 11.1 Å². The Labute approximate surface area is 232 Å². The summed E-state index contributed by atoms with van der Waals surface area (Å²) in [6.45, 7) is 5.12. The van der Waals surface area contributed by atoms with Crippen LogP contribution in [-0.4, -0.2) is 66.3 Å². The lowest BCUT2D eigenvalue weighted by molar-refractivity contribution is -0.202. The fraction of sp³-hybridized carbons (Fsp3) is 0.269. The van der Waals surface area contributed by atoms with Gasteiger partial charge in [-0.15, -0.1) is 0 Å². The smallest absolute Gasteiger partial charge is 0.293 e. The monoisotopic (exact) mass is 581 g/mol. The summed E-state index contributed by atoms with van der Waals surface area (Å²) < 4.78 is 10.3. The zero-order valence-electron chi connectivity index (χ0n) is 21.7. The van der Waals surface area contributed by atoms with Crippen LogP contribution < -0.4 is 10.3 Å². The van der Waals surface area contributed by atoms with E-state index in [2.05, 4.69) is 4.74 Å². The quantitative estimate of drug-likeness (QED) is 0.0671. The molecule has 2 aromatic carbocycles. The molecule has 0 aliphatic carbocycles. The Kier molecular flexibility index (Phi) is 10.0. The largest absolute Gasteiger partial charge is 0.504 e. The van der Waals surface area contributed by atoms with E-state index in [4.69, 9.17) is 16.3 Å². The molecule has 3 rings (SSSR count). The molecular formula is C26H28ClNO12. The number of aliphatic hydroxyl groups is 2. The number of benzene rings is 2. The summed E-state index contributed by atoms with van der Waals surface area (Å²) in [5, 5.41) is 71.3. The second-order valence-corrected chi connectivity index (χ2v) is 8.76. The molecule has 40 heavy (non-hydrogen) atoms. The van der Waals surface area contributed by atoms with Crippen molar-refractivity contribution in [2.45, 2.75) is 32.6 Å². The first-order chi connectivity index (χ1) is 18.6. The van der Waals surface area contributed by atoms with Crippen LogP contribution in [0.1, 0.15) is 42.7 Å². The Morgan fingerprint density at radius 1 is 1.02 bits per heavy atom. The number of phenolic OH excluding ortho intramolecular Hbond substituents is 5. The van der Waals surface area contributed by atoms with Gasteiger partial charge >= 0.3 is 0 Å². The van der Waals surface area contributed by atoms with Crippen LogP contribution in [0.3, 0.4) is 0 Å². The molecule has 3 aromatic rings. The topological polar surface area (TPSA) is 216 Å². The van der Waals surface area contributed by atoms with Gasteiger partial charge in [-0.1, -0.05) is 11.6 Å². The number of ketones is 1. The number of rotatable bonds is 8. The molecule has 0 spiro atoms. The van der Waals surface area contributed by atoms with E-state index in [9.17, 15) is 50.1 Å². The van der Waals surface area contributed by atoms with Gasteiger partial charge in [0.05, 0.1) is 26.0 Å². The molecular weight excluding hydrogens is 554 g/mol. The van der Waals surface area contributed by atoms with E-state index in [1.165, 1.54) is 32.2 Å². The first kappa shape index (κ1) is 31.8. The number of halogens is 1. The number of Topliss-reactive ketones (excluding diaryl/α,β-unsaturated/α-hetero) is 1. The van der Waals surface area contributed by atoms with Gasteiger partial charge in [0.1, 0.15) is 11.3 Å². The summed E-state index contributed by atoms with van der Waals surface area (Å²) in [5.41, 5.74) is -1.26. The Morgan fingerprint density at radius 3 is 2.02 bits per heavy atom. The van der Waals surface area contributed by atoms with E-state index in [0.717, 1.165) is 23.8 Å². The van der Waals surface area contributed by atoms with Crippen molar-refractivity contribution in [3.8, 4) is 45.6 Å². The molecule has 0 fully saturated rings. The number of phenols is 5. The lowest BCUT2D eigenvalue weighted by Gasteiger charge is -2.32. The molecule has 0 amide bonds. The van der Waals surface area contributed by atoms with Crippen LogP contribution in [-0.2, 0) is 15.3 Å². The maximum atomic E-state index is 13.0. The van der Waals surface area contributed by atoms with Gasteiger partial charge in [-0.25, -0.2) is 0 Å². The van der Waals surface area contributed by atoms with Crippen molar-refractivity contribution >= 4 is 23.9 Å². The average molecular weight is 582 g/mol.